The molecule has 2 heterocycles. The van der Waals surface area contributed by atoms with Crippen molar-refractivity contribution in [3.63, 3.8) is 0 Å². The normalized spacial score (nSPS) is 13.4. The van der Waals surface area contributed by atoms with Crippen molar-refractivity contribution >= 4 is 27.3 Å². The topological polar surface area (TPSA) is 125 Å². The highest BCUT2D eigenvalue weighted by molar-refractivity contribution is 7.89. The van der Waals surface area contributed by atoms with Gasteiger partial charge in [0.2, 0.25) is 16.0 Å². The highest BCUT2D eigenvalue weighted by atomic mass is 32.2. The van der Waals surface area contributed by atoms with Crippen LogP contribution in [0.25, 0.3) is 21.8 Å². The number of anilines is 1. The van der Waals surface area contributed by atoms with Crippen molar-refractivity contribution in [3.8, 4) is 21.8 Å². The lowest BCUT2D eigenvalue weighted by molar-refractivity contribution is 0.559. The third-order valence-electron chi connectivity index (χ3n) is 4.75. The molecule has 2 aromatic heterocycles. The van der Waals surface area contributed by atoms with Gasteiger partial charge in [0.1, 0.15) is 11.1 Å². The zero-order chi connectivity index (χ0) is 23.0. The highest BCUT2D eigenvalue weighted by Crippen LogP contribution is 2.42. The Labute approximate surface area is 185 Å². The van der Waals surface area contributed by atoms with Gasteiger partial charge in [-0.2, -0.15) is 0 Å². The maximum atomic E-state index is 15.7. The van der Waals surface area contributed by atoms with Crippen LogP contribution in [0.3, 0.4) is 0 Å². The van der Waals surface area contributed by atoms with Gasteiger partial charge in [0.05, 0.1) is 21.3 Å². The van der Waals surface area contributed by atoms with E-state index in [0.717, 1.165) is 5.01 Å². The lowest BCUT2D eigenvalue weighted by Gasteiger charge is -2.17. The second-order valence-corrected chi connectivity index (χ2v) is 11.1. The number of nitrogen functional groups attached to an aromatic ring is 1. The van der Waals surface area contributed by atoms with Gasteiger partial charge in [0.25, 0.3) is 0 Å². The smallest absolute Gasteiger partial charge is 0.220 e. The predicted octanol–water partition coefficient (Wildman–Crippen LogP) is 4.42. The van der Waals surface area contributed by atoms with Gasteiger partial charge in [-0.05, 0) is 18.6 Å². The van der Waals surface area contributed by atoms with E-state index >= 15 is 4.39 Å². The fraction of sp³-hybridized carbons (Fsp3) is 0.381. The third-order valence-corrected chi connectivity index (χ3v) is 7.54. The third kappa shape index (κ3) is 4.91. The van der Waals surface area contributed by atoms with E-state index in [1.165, 1.54) is 23.6 Å². The monoisotopic (exact) mass is 463 g/mol. The lowest BCUT2D eigenvalue weighted by Crippen LogP contribution is -2.22. The Balaban J connectivity index is 2.27. The number of benzene rings is 1. The summed E-state index contributed by atoms with van der Waals surface area (Å²) in [6, 6.07) is 6.35. The van der Waals surface area contributed by atoms with Crippen LogP contribution in [0.2, 0.25) is 0 Å². The van der Waals surface area contributed by atoms with Gasteiger partial charge in [-0.15, -0.1) is 11.3 Å². The van der Waals surface area contributed by atoms with Gasteiger partial charge in [-0.25, -0.2) is 32.9 Å². The van der Waals surface area contributed by atoms with Crippen LogP contribution in [0.4, 0.5) is 10.3 Å². The molecule has 0 spiro atoms. The number of halogens is 1. The minimum Gasteiger partial charge on any atom is -0.368 e. The fourth-order valence-corrected chi connectivity index (χ4v) is 5.44. The molecule has 0 bridgehead atoms. The molecule has 1 atom stereocenters. The van der Waals surface area contributed by atoms with Gasteiger partial charge >= 0.3 is 0 Å². The summed E-state index contributed by atoms with van der Waals surface area (Å²) in [4.78, 5) is 13.6. The van der Waals surface area contributed by atoms with Crippen LogP contribution in [0.1, 0.15) is 56.4 Å². The van der Waals surface area contributed by atoms with Gasteiger partial charge in [0, 0.05) is 22.7 Å². The van der Waals surface area contributed by atoms with Gasteiger partial charge < -0.3 is 5.73 Å². The molecule has 0 fully saturated rings. The summed E-state index contributed by atoms with van der Waals surface area (Å²) in [7, 11) is -3.98. The first-order valence-electron chi connectivity index (χ1n) is 9.84. The summed E-state index contributed by atoms with van der Waals surface area (Å²) in [6.45, 7) is 7.87. The van der Waals surface area contributed by atoms with Crippen molar-refractivity contribution in [2.75, 3.05) is 5.73 Å². The van der Waals surface area contributed by atoms with E-state index in [1.807, 2.05) is 27.7 Å². The number of hydrogen-bond donors (Lipinski definition) is 2. The first kappa shape index (κ1) is 23.2. The van der Waals surface area contributed by atoms with Crippen molar-refractivity contribution in [3.05, 3.63) is 46.9 Å². The molecule has 0 amide bonds. The van der Waals surface area contributed by atoms with Crippen molar-refractivity contribution in [2.24, 2.45) is 5.14 Å². The van der Waals surface area contributed by atoms with E-state index in [-0.39, 0.29) is 28.9 Å². The molecule has 0 aliphatic carbocycles. The summed E-state index contributed by atoms with van der Waals surface area (Å²) in [6.07, 6.45) is 2.29. The molecule has 3 aromatic rings. The molecule has 1 aromatic carbocycles. The lowest BCUT2D eigenvalue weighted by atomic mass is 9.97. The number of nitrogens with zero attached hydrogens (tertiary/aromatic N) is 3. The van der Waals surface area contributed by atoms with E-state index in [1.54, 1.807) is 18.2 Å². The number of sulfonamides is 1. The van der Waals surface area contributed by atoms with Crippen LogP contribution in [0.5, 0.6) is 0 Å². The van der Waals surface area contributed by atoms with E-state index < -0.39 is 21.1 Å². The molecular formula is C21H26FN5O2S2. The summed E-state index contributed by atoms with van der Waals surface area (Å²) in [5.41, 5.74) is 6.63. The van der Waals surface area contributed by atoms with Crippen LogP contribution in [-0.2, 0) is 15.4 Å². The Morgan fingerprint density at radius 1 is 1.19 bits per heavy atom. The van der Waals surface area contributed by atoms with E-state index in [0.29, 0.717) is 22.7 Å². The number of aromatic nitrogens is 3. The number of primary sulfonamides is 1. The predicted molar refractivity (Wildman–Crippen MR) is 122 cm³/mol. The molecule has 31 heavy (non-hydrogen) atoms. The maximum Gasteiger partial charge on any atom is 0.220 e. The van der Waals surface area contributed by atoms with Crippen molar-refractivity contribution < 1.29 is 12.8 Å². The molecule has 4 N–H and O–H groups in total. The molecule has 7 nitrogen and oxygen atoms in total. The first-order chi connectivity index (χ1) is 14.4. The molecule has 0 radical (unpaired) electrons. The molecular weight excluding hydrogens is 437 g/mol. The largest absolute Gasteiger partial charge is 0.368 e. The molecule has 0 aliphatic rings. The van der Waals surface area contributed by atoms with Gasteiger partial charge in [-0.3, -0.25) is 0 Å². The fourth-order valence-electron chi connectivity index (χ4n) is 3.24. The molecule has 166 valence electrons. The first-order valence-corrected chi connectivity index (χ1v) is 12.3. The maximum absolute atomic E-state index is 15.7. The Bertz CT molecular complexity index is 1200. The van der Waals surface area contributed by atoms with Crippen molar-refractivity contribution in [2.45, 2.75) is 51.2 Å². The van der Waals surface area contributed by atoms with Gasteiger partial charge in [-0.1, -0.05) is 46.2 Å². The molecule has 1 unspecified atom stereocenters. The quantitative estimate of drug-likeness (QED) is 0.558. The number of hydrogen-bond acceptors (Lipinski definition) is 7. The second-order valence-electron chi connectivity index (χ2n) is 8.32. The van der Waals surface area contributed by atoms with E-state index in [2.05, 4.69) is 9.97 Å². The average molecular weight is 464 g/mol. The van der Waals surface area contributed by atoms with Crippen molar-refractivity contribution in [1.29, 1.82) is 0 Å². The van der Waals surface area contributed by atoms with Crippen LogP contribution in [0.15, 0.2) is 30.5 Å². The number of rotatable bonds is 6. The number of thiazole rings is 1. The summed E-state index contributed by atoms with van der Waals surface area (Å²) >= 11 is 1.40. The Morgan fingerprint density at radius 3 is 2.48 bits per heavy atom. The summed E-state index contributed by atoms with van der Waals surface area (Å²) in [5.74, 6) is -0.551. The Kier molecular flexibility index (Phi) is 6.45. The zero-order valence-corrected chi connectivity index (χ0v) is 19.5. The minimum atomic E-state index is -3.98. The van der Waals surface area contributed by atoms with E-state index in [9.17, 15) is 8.42 Å². The number of nitrogens with two attached hydrogens (primary N) is 2. The summed E-state index contributed by atoms with van der Waals surface area (Å²) < 4.78 is 40.0. The molecule has 0 aliphatic heterocycles. The molecule has 3 rings (SSSR count). The molecule has 0 saturated heterocycles. The highest BCUT2D eigenvalue weighted by Gasteiger charge is 2.30. The van der Waals surface area contributed by atoms with Crippen LogP contribution in [-0.4, -0.2) is 23.4 Å². The van der Waals surface area contributed by atoms with Crippen molar-refractivity contribution in [1.82, 2.24) is 15.0 Å². The second kappa shape index (κ2) is 8.60. The summed E-state index contributed by atoms with van der Waals surface area (Å²) in [5, 5.41) is 5.08. The van der Waals surface area contributed by atoms with Crippen LogP contribution < -0.4 is 10.9 Å². The SMILES string of the molecule is CCCC(c1cccc(-c2nc(C(C)(C)C)sc2-c2ccnc(N)n2)c1F)S(N)(=O)=O. The standard InChI is InChI=1S/C21H26FN5O2S2/c1-5-7-15(31(24,28)29)12-8-6-9-13(16(12)22)17-18(14-10-11-25-20(23)26-14)30-19(27-17)21(2,3)4/h6,8-11,15H,5,7H2,1-4H3,(H2,23,25,26)(H2,24,28,29). The average Bonchev–Trinajstić information content (AvgIpc) is 3.11. The zero-order valence-electron chi connectivity index (χ0n) is 17.9. The van der Waals surface area contributed by atoms with Crippen LogP contribution >= 0.6 is 11.3 Å². The van der Waals surface area contributed by atoms with Gasteiger partial charge in [0.15, 0.2) is 0 Å². The molecule has 0 saturated carbocycles. The van der Waals surface area contributed by atoms with E-state index in [4.69, 9.17) is 15.9 Å². The van der Waals surface area contributed by atoms with Crippen LogP contribution in [0, 0.1) is 5.82 Å². The minimum absolute atomic E-state index is 0.0420. The molecule has 10 heteroatoms. The Morgan fingerprint density at radius 2 is 1.90 bits per heavy atom. The Hall–Kier alpha value is -2.43.